The molecule has 26 heavy (non-hydrogen) atoms. The molecular weight excluding hydrogens is 335 g/mol. The number of rotatable bonds is 3. The molecule has 0 N–H and O–H groups in total. The number of hydrogen-bond acceptors (Lipinski definition) is 3. The third-order valence-electron chi connectivity index (χ3n) is 5.28. The molecule has 0 saturated carbocycles. The van der Waals surface area contributed by atoms with Gasteiger partial charge < -0.3 is 14.5 Å². The van der Waals surface area contributed by atoms with Crippen molar-refractivity contribution in [3.05, 3.63) is 48.3 Å². The van der Waals surface area contributed by atoms with Gasteiger partial charge in [-0.1, -0.05) is 18.7 Å². The molecule has 3 rings (SSSR count). The van der Waals surface area contributed by atoms with Crippen LogP contribution in [0.2, 0.25) is 0 Å². The molecule has 0 spiro atoms. The number of morpholine rings is 1. The summed E-state index contributed by atoms with van der Waals surface area (Å²) < 4.78 is 19.4. The second-order valence-electron chi connectivity index (χ2n) is 6.95. The molecule has 1 aromatic rings. The van der Waals surface area contributed by atoms with E-state index in [0.717, 1.165) is 18.4 Å². The van der Waals surface area contributed by atoms with Crippen LogP contribution in [0.25, 0.3) is 0 Å². The average molecular weight is 360 g/mol. The third-order valence-corrected chi connectivity index (χ3v) is 5.28. The second-order valence-corrected chi connectivity index (χ2v) is 6.95. The minimum absolute atomic E-state index is 0.0452. The van der Waals surface area contributed by atoms with Gasteiger partial charge >= 0.3 is 0 Å². The van der Waals surface area contributed by atoms with E-state index in [1.807, 2.05) is 17.9 Å². The number of halogens is 1. The van der Waals surface area contributed by atoms with Gasteiger partial charge in [0.15, 0.2) is 0 Å². The quantitative estimate of drug-likeness (QED) is 0.779. The lowest BCUT2D eigenvalue weighted by molar-refractivity contribution is -0.152. The standard InChI is InChI=1S/C20H25FN2O3/c1-3-18(24)22-9-5-7-16(13-22)20(25)23-10-11-26-19(14(23)2)15-6-4-8-17(21)12-15/h3-4,6,8,12,14,16,19H,1,5,7,9-11,13H2,2H3/t14-,16?,19+/m1/s1. The SMILES string of the molecule is C=CC(=O)N1CCCC(C(=O)N2CCO[C@H](c3cccc(F)c3)[C@H]2C)C1. The van der Waals surface area contributed by atoms with Crippen molar-refractivity contribution in [3.63, 3.8) is 0 Å². The van der Waals surface area contributed by atoms with Gasteiger partial charge in [-0.3, -0.25) is 9.59 Å². The monoisotopic (exact) mass is 360 g/mol. The van der Waals surface area contributed by atoms with Gasteiger partial charge in [-0.15, -0.1) is 0 Å². The molecule has 2 heterocycles. The highest BCUT2D eigenvalue weighted by Crippen LogP contribution is 2.31. The molecule has 5 nitrogen and oxygen atoms in total. The summed E-state index contributed by atoms with van der Waals surface area (Å²) in [5.41, 5.74) is 0.738. The van der Waals surface area contributed by atoms with Gasteiger partial charge in [0, 0.05) is 19.6 Å². The fourth-order valence-corrected chi connectivity index (χ4v) is 3.90. The summed E-state index contributed by atoms with van der Waals surface area (Å²) in [6.07, 6.45) is 2.53. The van der Waals surface area contributed by atoms with Gasteiger partial charge in [-0.05, 0) is 43.5 Å². The third kappa shape index (κ3) is 3.80. The number of carbonyl (C=O) groups is 2. The fourth-order valence-electron chi connectivity index (χ4n) is 3.90. The van der Waals surface area contributed by atoms with Gasteiger partial charge in [-0.2, -0.15) is 0 Å². The Kier molecular flexibility index (Phi) is 5.71. The van der Waals surface area contributed by atoms with Gasteiger partial charge in [0.2, 0.25) is 11.8 Å². The number of amides is 2. The van der Waals surface area contributed by atoms with E-state index in [2.05, 4.69) is 6.58 Å². The Morgan fingerprint density at radius 2 is 2.15 bits per heavy atom. The molecule has 0 aliphatic carbocycles. The van der Waals surface area contributed by atoms with Crippen molar-refractivity contribution in [2.45, 2.75) is 31.9 Å². The molecule has 6 heteroatoms. The van der Waals surface area contributed by atoms with Crippen molar-refractivity contribution in [2.75, 3.05) is 26.2 Å². The Morgan fingerprint density at radius 1 is 1.35 bits per heavy atom. The van der Waals surface area contributed by atoms with E-state index in [0.29, 0.717) is 26.2 Å². The Morgan fingerprint density at radius 3 is 2.88 bits per heavy atom. The number of carbonyl (C=O) groups excluding carboxylic acids is 2. The number of ether oxygens (including phenoxy) is 1. The zero-order valence-electron chi connectivity index (χ0n) is 15.1. The molecule has 0 radical (unpaired) electrons. The first-order valence-corrected chi connectivity index (χ1v) is 9.10. The molecule has 140 valence electrons. The highest BCUT2D eigenvalue weighted by Gasteiger charge is 2.37. The largest absolute Gasteiger partial charge is 0.370 e. The van der Waals surface area contributed by atoms with Crippen LogP contribution in [0.15, 0.2) is 36.9 Å². The van der Waals surface area contributed by atoms with E-state index >= 15 is 0 Å². The number of piperidine rings is 1. The summed E-state index contributed by atoms with van der Waals surface area (Å²) >= 11 is 0. The summed E-state index contributed by atoms with van der Waals surface area (Å²) in [5, 5.41) is 0. The van der Waals surface area contributed by atoms with Gasteiger partial charge in [0.05, 0.1) is 18.6 Å². The van der Waals surface area contributed by atoms with Crippen LogP contribution in [0.4, 0.5) is 4.39 Å². The second kappa shape index (κ2) is 7.99. The Labute approximate surface area is 153 Å². The van der Waals surface area contributed by atoms with Crippen LogP contribution in [-0.2, 0) is 14.3 Å². The molecule has 3 atom stereocenters. The first kappa shape index (κ1) is 18.6. The van der Waals surface area contributed by atoms with Crippen LogP contribution in [0.1, 0.15) is 31.4 Å². The summed E-state index contributed by atoms with van der Waals surface area (Å²) in [5.74, 6) is -0.604. The zero-order valence-corrected chi connectivity index (χ0v) is 15.1. The first-order valence-electron chi connectivity index (χ1n) is 9.10. The molecule has 2 amide bonds. The van der Waals surface area contributed by atoms with E-state index in [4.69, 9.17) is 4.74 Å². The van der Waals surface area contributed by atoms with Crippen molar-refractivity contribution in [1.82, 2.24) is 9.80 Å². The van der Waals surface area contributed by atoms with E-state index in [9.17, 15) is 14.0 Å². The Bertz CT molecular complexity index is 693. The number of nitrogens with zero attached hydrogens (tertiary/aromatic N) is 2. The molecule has 2 saturated heterocycles. The fraction of sp³-hybridized carbons (Fsp3) is 0.500. The van der Waals surface area contributed by atoms with Gasteiger partial charge in [0.25, 0.3) is 0 Å². The van der Waals surface area contributed by atoms with Crippen molar-refractivity contribution < 1.29 is 18.7 Å². The van der Waals surface area contributed by atoms with Crippen molar-refractivity contribution in [2.24, 2.45) is 5.92 Å². The van der Waals surface area contributed by atoms with E-state index in [-0.39, 0.29) is 35.7 Å². The Balaban J connectivity index is 1.72. The molecule has 1 unspecified atom stereocenters. The lowest BCUT2D eigenvalue weighted by Gasteiger charge is -2.42. The minimum Gasteiger partial charge on any atom is -0.370 e. The van der Waals surface area contributed by atoms with Crippen LogP contribution >= 0.6 is 0 Å². The molecule has 2 aliphatic heterocycles. The number of likely N-dealkylation sites (tertiary alicyclic amines) is 1. The van der Waals surface area contributed by atoms with Gasteiger partial charge in [0.1, 0.15) is 11.9 Å². The molecular formula is C20H25FN2O3. The lowest BCUT2D eigenvalue weighted by Crippen LogP contribution is -2.53. The van der Waals surface area contributed by atoms with E-state index in [1.54, 1.807) is 11.0 Å². The first-order chi connectivity index (χ1) is 12.5. The highest BCUT2D eigenvalue weighted by atomic mass is 19.1. The normalized spacial score (nSPS) is 26.5. The molecule has 0 aromatic heterocycles. The lowest BCUT2D eigenvalue weighted by atomic mass is 9.93. The average Bonchev–Trinajstić information content (AvgIpc) is 2.67. The summed E-state index contributed by atoms with van der Waals surface area (Å²) in [4.78, 5) is 28.5. The van der Waals surface area contributed by atoms with Crippen LogP contribution in [0, 0.1) is 11.7 Å². The highest BCUT2D eigenvalue weighted by molar-refractivity contribution is 5.88. The van der Waals surface area contributed by atoms with Crippen molar-refractivity contribution in [3.8, 4) is 0 Å². The van der Waals surface area contributed by atoms with Crippen molar-refractivity contribution >= 4 is 11.8 Å². The van der Waals surface area contributed by atoms with Gasteiger partial charge in [-0.25, -0.2) is 4.39 Å². The molecule has 2 aliphatic rings. The summed E-state index contributed by atoms with van der Waals surface area (Å²) in [6, 6.07) is 6.14. The smallest absolute Gasteiger partial charge is 0.245 e. The van der Waals surface area contributed by atoms with E-state index < -0.39 is 0 Å². The van der Waals surface area contributed by atoms with Crippen LogP contribution in [0.5, 0.6) is 0 Å². The summed E-state index contributed by atoms with van der Waals surface area (Å²) in [7, 11) is 0. The maximum absolute atomic E-state index is 13.6. The predicted octanol–water partition coefficient (Wildman–Crippen LogP) is 2.54. The maximum Gasteiger partial charge on any atom is 0.245 e. The predicted molar refractivity (Wildman–Crippen MR) is 95.8 cm³/mol. The topological polar surface area (TPSA) is 49.9 Å². The summed E-state index contributed by atoms with van der Waals surface area (Å²) in [6.45, 7) is 7.48. The van der Waals surface area contributed by atoms with Crippen LogP contribution in [-0.4, -0.2) is 53.9 Å². The van der Waals surface area contributed by atoms with Crippen LogP contribution in [0.3, 0.4) is 0 Å². The maximum atomic E-state index is 13.6. The number of hydrogen-bond donors (Lipinski definition) is 0. The Hall–Kier alpha value is -2.21. The van der Waals surface area contributed by atoms with E-state index in [1.165, 1.54) is 18.2 Å². The zero-order chi connectivity index (χ0) is 18.7. The molecule has 1 aromatic carbocycles. The van der Waals surface area contributed by atoms with Crippen LogP contribution < -0.4 is 0 Å². The van der Waals surface area contributed by atoms with Crippen molar-refractivity contribution in [1.29, 1.82) is 0 Å². The molecule has 0 bridgehead atoms. The molecule has 2 fully saturated rings. The number of benzene rings is 1. The minimum atomic E-state index is -0.349.